The molecule has 1 aromatic heterocycles. The fraction of sp³-hybridized carbons (Fsp3) is 0.133. The second-order valence-electron chi connectivity index (χ2n) is 5.13. The van der Waals surface area contributed by atoms with Crippen LogP contribution in [0.1, 0.15) is 11.1 Å². The zero-order chi connectivity index (χ0) is 16.8. The zero-order valence-electron chi connectivity index (χ0n) is 12.2. The van der Waals surface area contributed by atoms with Crippen LogP contribution in [0.5, 0.6) is 0 Å². The van der Waals surface area contributed by atoms with E-state index in [1.165, 1.54) is 0 Å². The van der Waals surface area contributed by atoms with Crippen LogP contribution in [0.3, 0.4) is 0 Å². The monoisotopic (exact) mass is 354 g/mol. The van der Waals surface area contributed by atoms with Crippen LogP contribution in [0.2, 0.25) is 0 Å². The Labute approximate surface area is 135 Å². The van der Waals surface area contributed by atoms with E-state index in [2.05, 4.69) is 9.71 Å². The molecule has 3 rings (SSSR count). The second-order valence-corrected chi connectivity index (χ2v) is 7.81. The molecule has 0 spiro atoms. The molecule has 1 N–H and O–H groups in total. The van der Waals surface area contributed by atoms with Crippen molar-refractivity contribution in [1.82, 2.24) is 4.98 Å². The Balaban J connectivity index is 2.04. The molecular weight excluding hydrogens is 342 g/mol. The lowest BCUT2D eigenvalue weighted by atomic mass is 10.1. The van der Waals surface area contributed by atoms with Gasteiger partial charge in [0.05, 0.1) is 10.2 Å². The van der Waals surface area contributed by atoms with Crippen molar-refractivity contribution in [3.05, 3.63) is 53.1 Å². The van der Waals surface area contributed by atoms with Crippen LogP contribution in [-0.4, -0.2) is 13.4 Å². The van der Waals surface area contributed by atoms with E-state index in [4.69, 9.17) is 0 Å². The smallest absolute Gasteiger partial charge is 0.255 e. The predicted octanol–water partition coefficient (Wildman–Crippen LogP) is 3.99. The summed E-state index contributed by atoms with van der Waals surface area (Å²) < 4.78 is 54.4. The maximum atomic E-state index is 13.7. The maximum Gasteiger partial charge on any atom is 0.266 e. The first kappa shape index (κ1) is 15.8. The fourth-order valence-electron chi connectivity index (χ4n) is 2.27. The molecule has 0 saturated carbocycles. The molecule has 0 aliphatic rings. The van der Waals surface area contributed by atoms with Gasteiger partial charge in [-0.2, -0.15) is 0 Å². The number of hydrogen-bond donors (Lipinski definition) is 1. The van der Waals surface area contributed by atoms with Crippen molar-refractivity contribution in [3.8, 4) is 0 Å². The highest BCUT2D eigenvalue weighted by atomic mass is 32.2. The number of halogens is 2. The van der Waals surface area contributed by atoms with Crippen molar-refractivity contribution in [2.75, 3.05) is 4.72 Å². The average molecular weight is 354 g/mol. The molecule has 0 fully saturated rings. The minimum absolute atomic E-state index is 0.109. The number of fused-ring (bicyclic) bond motifs is 1. The molecule has 0 aliphatic heterocycles. The molecule has 0 amide bonds. The van der Waals surface area contributed by atoms with Crippen LogP contribution in [0.15, 0.2) is 35.2 Å². The number of aromatic nitrogens is 1. The molecule has 120 valence electrons. The zero-order valence-corrected chi connectivity index (χ0v) is 13.9. The van der Waals surface area contributed by atoms with Gasteiger partial charge in [0.15, 0.2) is 5.13 Å². The van der Waals surface area contributed by atoms with Crippen molar-refractivity contribution in [3.63, 3.8) is 0 Å². The van der Waals surface area contributed by atoms with Gasteiger partial charge in [-0.3, -0.25) is 4.72 Å². The fourth-order valence-corrected chi connectivity index (χ4v) is 4.63. The van der Waals surface area contributed by atoms with E-state index in [1.807, 2.05) is 26.0 Å². The third-order valence-corrected chi connectivity index (χ3v) is 5.64. The molecule has 0 unspecified atom stereocenters. The van der Waals surface area contributed by atoms with E-state index in [0.29, 0.717) is 11.6 Å². The van der Waals surface area contributed by atoms with Crippen molar-refractivity contribution in [1.29, 1.82) is 0 Å². The molecule has 0 atom stereocenters. The van der Waals surface area contributed by atoms with Gasteiger partial charge in [-0.05, 0) is 49.2 Å². The average Bonchev–Trinajstić information content (AvgIpc) is 2.83. The van der Waals surface area contributed by atoms with Crippen molar-refractivity contribution < 1.29 is 17.2 Å². The molecule has 2 aromatic carbocycles. The summed E-state index contributed by atoms with van der Waals surface area (Å²) in [7, 11) is -4.25. The van der Waals surface area contributed by atoms with Crippen LogP contribution in [0.4, 0.5) is 13.9 Å². The second kappa shape index (κ2) is 5.54. The molecule has 0 saturated heterocycles. The number of hydrogen-bond acceptors (Lipinski definition) is 4. The van der Waals surface area contributed by atoms with Crippen LogP contribution in [0.25, 0.3) is 10.2 Å². The number of anilines is 1. The molecule has 23 heavy (non-hydrogen) atoms. The first-order valence-corrected chi connectivity index (χ1v) is 8.92. The predicted molar refractivity (Wildman–Crippen MR) is 86.3 cm³/mol. The van der Waals surface area contributed by atoms with Gasteiger partial charge in [0, 0.05) is 0 Å². The largest absolute Gasteiger partial charge is 0.266 e. The third kappa shape index (κ3) is 3.04. The van der Waals surface area contributed by atoms with Gasteiger partial charge in [-0.25, -0.2) is 22.2 Å². The van der Waals surface area contributed by atoms with Gasteiger partial charge in [0.25, 0.3) is 10.0 Å². The molecule has 0 radical (unpaired) electrons. The summed E-state index contributed by atoms with van der Waals surface area (Å²) in [6.07, 6.45) is 0. The van der Waals surface area contributed by atoms with Crippen molar-refractivity contribution in [2.45, 2.75) is 18.7 Å². The lowest BCUT2D eigenvalue weighted by Gasteiger charge is -2.06. The summed E-state index contributed by atoms with van der Waals surface area (Å²) in [4.78, 5) is 3.48. The summed E-state index contributed by atoms with van der Waals surface area (Å²) in [5.74, 6) is -1.85. The van der Waals surface area contributed by atoms with Gasteiger partial charge >= 0.3 is 0 Å². The highest BCUT2D eigenvalue weighted by Gasteiger charge is 2.22. The van der Waals surface area contributed by atoms with Crippen LogP contribution in [0, 0.1) is 25.5 Å². The Hall–Kier alpha value is -2.06. The third-order valence-electron chi connectivity index (χ3n) is 3.23. The minimum Gasteiger partial charge on any atom is -0.255 e. The van der Waals surface area contributed by atoms with E-state index in [1.54, 1.807) is 0 Å². The molecule has 0 bridgehead atoms. The first-order valence-electron chi connectivity index (χ1n) is 6.62. The summed E-state index contributed by atoms with van der Waals surface area (Å²) in [6, 6.07) is 6.10. The Kier molecular flexibility index (Phi) is 3.81. The van der Waals surface area contributed by atoms with E-state index >= 15 is 0 Å². The lowest BCUT2D eigenvalue weighted by Crippen LogP contribution is -2.14. The molecule has 3 aromatic rings. The topological polar surface area (TPSA) is 59.1 Å². The number of benzene rings is 2. The van der Waals surface area contributed by atoms with E-state index in [9.17, 15) is 17.2 Å². The summed E-state index contributed by atoms with van der Waals surface area (Å²) in [6.45, 7) is 3.80. The Morgan fingerprint density at radius 3 is 2.61 bits per heavy atom. The molecule has 4 nitrogen and oxygen atoms in total. The normalized spacial score (nSPS) is 11.8. The molecule has 1 heterocycles. The minimum atomic E-state index is -4.25. The number of nitrogens with zero attached hydrogens (tertiary/aromatic N) is 1. The van der Waals surface area contributed by atoms with Crippen molar-refractivity contribution in [2.24, 2.45) is 0 Å². The molecule has 0 aliphatic carbocycles. The quantitative estimate of drug-likeness (QED) is 0.774. The summed E-state index contributed by atoms with van der Waals surface area (Å²) >= 11 is 1.14. The standard InChI is InChI=1S/C15H12F2N2O2S2/c1-8-5-9(2)14-12(6-8)22-15(18-14)19-23(20,21)13-7-10(16)3-4-11(13)17/h3-7H,1-2H3,(H,18,19). The number of rotatable bonds is 3. The van der Waals surface area contributed by atoms with Crippen LogP contribution < -0.4 is 4.72 Å². The number of nitrogens with one attached hydrogen (secondary N) is 1. The Morgan fingerprint density at radius 1 is 1.13 bits per heavy atom. The number of sulfonamides is 1. The number of aryl methyl sites for hydroxylation is 2. The highest BCUT2D eigenvalue weighted by Crippen LogP contribution is 2.31. The first-order chi connectivity index (χ1) is 10.8. The maximum absolute atomic E-state index is 13.7. The summed E-state index contributed by atoms with van der Waals surface area (Å²) in [5.41, 5.74) is 2.63. The Bertz CT molecular complexity index is 1010. The van der Waals surface area contributed by atoms with E-state index < -0.39 is 26.6 Å². The highest BCUT2D eigenvalue weighted by molar-refractivity contribution is 7.93. The SMILES string of the molecule is Cc1cc(C)c2nc(NS(=O)(=O)c3cc(F)ccc3F)sc2c1. The molecular formula is C15H12F2N2O2S2. The van der Waals surface area contributed by atoms with Crippen LogP contribution >= 0.6 is 11.3 Å². The van der Waals surface area contributed by atoms with Gasteiger partial charge in [0.2, 0.25) is 0 Å². The lowest BCUT2D eigenvalue weighted by molar-refractivity contribution is 0.555. The van der Waals surface area contributed by atoms with Gasteiger partial charge in [-0.15, -0.1) is 0 Å². The van der Waals surface area contributed by atoms with Crippen molar-refractivity contribution >= 4 is 36.7 Å². The van der Waals surface area contributed by atoms with Gasteiger partial charge in [-0.1, -0.05) is 17.4 Å². The van der Waals surface area contributed by atoms with Gasteiger partial charge < -0.3 is 0 Å². The van der Waals surface area contributed by atoms with E-state index in [0.717, 1.165) is 39.3 Å². The Morgan fingerprint density at radius 2 is 1.87 bits per heavy atom. The van der Waals surface area contributed by atoms with Gasteiger partial charge in [0.1, 0.15) is 16.5 Å². The molecule has 8 heteroatoms. The van der Waals surface area contributed by atoms with E-state index in [-0.39, 0.29) is 5.13 Å². The van der Waals surface area contributed by atoms with Crippen LogP contribution in [-0.2, 0) is 10.0 Å². The summed E-state index contributed by atoms with van der Waals surface area (Å²) in [5, 5.41) is 0.109. The number of thiazole rings is 1.